The Kier molecular flexibility index (Phi) is 4.55. The van der Waals surface area contributed by atoms with E-state index in [1.54, 1.807) is 0 Å². The second-order valence-electron chi connectivity index (χ2n) is 13.1. The summed E-state index contributed by atoms with van der Waals surface area (Å²) in [7, 11) is 0. The number of rotatable bonds is 2. The minimum atomic E-state index is -0.260. The van der Waals surface area contributed by atoms with E-state index in [2.05, 4.69) is 159 Å². The average Bonchev–Trinajstić information content (AvgIpc) is 3.35. The van der Waals surface area contributed by atoms with Crippen molar-refractivity contribution in [3.63, 3.8) is 0 Å². The fourth-order valence-electron chi connectivity index (χ4n) is 9.11. The van der Waals surface area contributed by atoms with Crippen LogP contribution in [-0.2, 0) is 10.8 Å². The standard InChI is InChI=1S/C44H30/c1-43(29-13-5-3-6-14-29)36-19-11-9-17-31(36)34-25-28-26-35-32-18-10-12-20-37(32)44(2,30-15-7-4-8-16-30)42(35)33-23-21-27-22-24-38(43)41(34)40(27)39(28)33/h3-26H,1-2H3. The minimum absolute atomic E-state index is 0.247. The summed E-state index contributed by atoms with van der Waals surface area (Å²) >= 11 is 0. The molecule has 0 aromatic heterocycles. The molecule has 0 saturated carbocycles. The van der Waals surface area contributed by atoms with Crippen molar-refractivity contribution in [3.05, 3.63) is 179 Å². The molecule has 206 valence electrons. The van der Waals surface area contributed by atoms with Gasteiger partial charge in [0.2, 0.25) is 0 Å². The van der Waals surface area contributed by atoms with E-state index < -0.39 is 0 Å². The summed E-state index contributed by atoms with van der Waals surface area (Å²) in [6.07, 6.45) is 0. The van der Waals surface area contributed by atoms with Crippen molar-refractivity contribution in [2.24, 2.45) is 0 Å². The minimum Gasteiger partial charge on any atom is -0.0622 e. The second-order valence-corrected chi connectivity index (χ2v) is 13.1. The van der Waals surface area contributed by atoms with E-state index in [0.717, 1.165) is 0 Å². The van der Waals surface area contributed by atoms with Crippen LogP contribution in [0.4, 0.5) is 0 Å². The van der Waals surface area contributed by atoms with E-state index in [1.165, 1.54) is 88.0 Å². The molecule has 0 spiro atoms. The van der Waals surface area contributed by atoms with Crippen molar-refractivity contribution in [2.75, 3.05) is 0 Å². The molecule has 0 amide bonds. The molecule has 0 heterocycles. The fraction of sp³-hybridized carbons (Fsp3) is 0.0909. The largest absolute Gasteiger partial charge is 0.0622 e. The van der Waals surface area contributed by atoms with Gasteiger partial charge in [-0.2, -0.15) is 0 Å². The summed E-state index contributed by atoms with van der Waals surface area (Å²) in [5, 5.41) is 8.22. The molecular formula is C44H30. The molecule has 8 aromatic rings. The molecule has 0 aliphatic heterocycles. The Bertz CT molecular complexity index is 2450. The predicted octanol–water partition coefficient (Wildman–Crippen LogP) is 11.3. The zero-order valence-corrected chi connectivity index (χ0v) is 24.9. The van der Waals surface area contributed by atoms with Gasteiger partial charge in [-0.3, -0.25) is 0 Å². The van der Waals surface area contributed by atoms with Crippen LogP contribution in [0.25, 0.3) is 54.6 Å². The van der Waals surface area contributed by atoms with Crippen LogP contribution >= 0.6 is 0 Å². The molecule has 44 heavy (non-hydrogen) atoms. The van der Waals surface area contributed by atoms with Crippen molar-refractivity contribution < 1.29 is 0 Å². The van der Waals surface area contributed by atoms with E-state index in [-0.39, 0.29) is 10.8 Å². The molecule has 2 aliphatic rings. The third-order valence-electron chi connectivity index (χ3n) is 11.1. The molecule has 8 aromatic carbocycles. The van der Waals surface area contributed by atoms with Gasteiger partial charge in [0.05, 0.1) is 0 Å². The van der Waals surface area contributed by atoms with E-state index in [9.17, 15) is 0 Å². The van der Waals surface area contributed by atoms with Crippen LogP contribution < -0.4 is 0 Å². The van der Waals surface area contributed by atoms with Gasteiger partial charge in [-0.15, -0.1) is 0 Å². The molecule has 0 nitrogen and oxygen atoms in total. The first-order valence-corrected chi connectivity index (χ1v) is 15.7. The van der Waals surface area contributed by atoms with Gasteiger partial charge in [-0.05, 0) is 114 Å². The fourth-order valence-corrected chi connectivity index (χ4v) is 9.11. The van der Waals surface area contributed by atoms with Crippen molar-refractivity contribution >= 4 is 32.3 Å². The molecule has 0 fully saturated rings. The highest BCUT2D eigenvalue weighted by molar-refractivity contribution is 6.29. The maximum absolute atomic E-state index is 2.50. The smallest absolute Gasteiger partial charge is 0.0441 e. The third kappa shape index (κ3) is 2.76. The summed E-state index contributed by atoms with van der Waals surface area (Å²) in [4.78, 5) is 0. The molecule has 0 radical (unpaired) electrons. The van der Waals surface area contributed by atoms with Crippen molar-refractivity contribution in [2.45, 2.75) is 24.7 Å². The summed E-state index contributed by atoms with van der Waals surface area (Å²) in [6, 6.07) is 54.9. The first-order chi connectivity index (χ1) is 21.6. The molecule has 2 unspecified atom stereocenters. The van der Waals surface area contributed by atoms with Gasteiger partial charge in [0, 0.05) is 10.8 Å². The average molecular weight is 559 g/mol. The van der Waals surface area contributed by atoms with Gasteiger partial charge >= 0.3 is 0 Å². The Balaban J connectivity index is 1.41. The normalized spacial score (nSPS) is 19.8. The van der Waals surface area contributed by atoms with Crippen molar-refractivity contribution in [1.82, 2.24) is 0 Å². The van der Waals surface area contributed by atoms with E-state index in [0.29, 0.717) is 0 Å². The Morgan fingerprint density at radius 1 is 0.364 bits per heavy atom. The molecule has 10 rings (SSSR count). The van der Waals surface area contributed by atoms with Gasteiger partial charge in [-0.1, -0.05) is 133 Å². The first kappa shape index (κ1) is 24.3. The van der Waals surface area contributed by atoms with E-state index >= 15 is 0 Å². The molecule has 0 heteroatoms. The van der Waals surface area contributed by atoms with Crippen molar-refractivity contribution in [1.29, 1.82) is 0 Å². The molecule has 0 saturated heterocycles. The number of hydrogen-bond donors (Lipinski definition) is 0. The van der Waals surface area contributed by atoms with Gasteiger partial charge in [0.25, 0.3) is 0 Å². The zero-order chi connectivity index (χ0) is 29.2. The Hall–Kier alpha value is -5.20. The number of hydrogen-bond acceptors (Lipinski definition) is 0. The Labute approximate surface area is 257 Å². The molecule has 2 atom stereocenters. The monoisotopic (exact) mass is 558 g/mol. The summed E-state index contributed by atoms with van der Waals surface area (Å²) in [5.74, 6) is 0. The highest BCUT2D eigenvalue weighted by Gasteiger charge is 2.43. The molecule has 0 bridgehead atoms. The number of benzene rings is 8. The third-order valence-corrected chi connectivity index (χ3v) is 11.1. The highest BCUT2D eigenvalue weighted by atomic mass is 14.5. The van der Waals surface area contributed by atoms with Gasteiger partial charge in [0.1, 0.15) is 0 Å². The maximum Gasteiger partial charge on any atom is 0.0441 e. The van der Waals surface area contributed by atoms with Gasteiger partial charge < -0.3 is 0 Å². The van der Waals surface area contributed by atoms with E-state index in [1.807, 2.05) is 0 Å². The zero-order valence-electron chi connectivity index (χ0n) is 24.9. The first-order valence-electron chi connectivity index (χ1n) is 15.7. The van der Waals surface area contributed by atoms with Crippen LogP contribution in [-0.4, -0.2) is 0 Å². The second kappa shape index (κ2) is 8.24. The highest BCUT2D eigenvalue weighted by Crippen LogP contribution is 2.59. The van der Waals surface area contributed by atoms with Gasteiger partial charge in [-0.25, -0.2) is 0 Å². The number of fused-ring (bicyclic) bond motifs is 6. The molecule has 0 N–H and O–H groups in total. The van der Waals surface area contributed by atoms with E-state index in [4.69, 9.17) is 0 Å². The lowest BCUT2D eigenvalue weighted by Gasteiger charge is -2.39. The lowest BCUT2D eigenvalue weighted by Crippen LogP contribution is -2.29. The Morgan fingerprint density at radius 3 is 1.61 bits per heavy atom. The summed E-state index contributed by atoms with van der Waals surface area (Å²) in [6.45, 7) is 4.86. The Morgan fingerprint density at radius 2 is 0.909 bits per heavy atom. The predicted molar refractivity (Wildman–Crippen MR) is 185 cm³/mol. The van der Waals surface area contributed by atoms with Crippen LogP contribution in [0.15, 0.2) is 146 Å². The molecule has 2 aliphatic carbocycles. The van der Waals surface area contributed by atoms with Crippen LogP contribution in [0.2, 0.25) is 0 Å². The van der Waals surface area contributed by atoms with Crippen LogP contribution in [0, 0.1) is 0 Å². The quantitative estimate of drug-likeness (QED) is 0.185. The van der Waals surface area contributed by atoms with Gasteiger partial charge in [0.15, 0.2) is 0 Å². The van der Waals surface area contributed by atoms with Crippen molar-refractivity contribution in [3.8, 4) is 22.3 Å². The SMILES string of the molecule is CC1(c2ccccc2)c2ccccc2-c2cc3cc4c5c(ccc6ccc(c21)c3c65)C(C)(c1ccccc1)c1ccccc1-4. The summed E-state index contributed by atoms with van der Waals surface area (Å²) < 4.78 is 0. The van der Waals surface area contributed by atoms with Crippen LogP contribution in [0.5, 0.6) is 0 Å². The lowest BCUT2D eigenvalue weighted by atomic mass is 9.63. The summed E-state index contributed by atoms with van der Waals surface area (Å²) in [5.41, 5.74) is 13.2. The van der Waals surface area contributed by atoms with Crippen LogP contribution in [0.1, 0.15) is 47.2 Å². The molecular weight excluding hydrogens is 528 g/mol. The maximum atomic E-state index is 2.50. The lowest BCUT2D eigenvalue weighted by molar-refractivity contribution is 0.697. The topological polar surface area (TPSA) is 0 Å². The van der Waals surface area contributed by atoms with Crippen LogP contribution in [0.3, 0.4) is 0 Å².